The van der Waals surface area contributed by atoms with Crippen LogP contribution in [0, 0.1) is 0 Å². The average Bonchev–Trinajstić information content (AvgIpc) is 3.07. The Balaban J connectivity index is 2.10. The van der Waals surface area contributed by atoms with Crippen LogP contribution in [0.3, 0.4) is 0 Å². The van der Waals surface area contributed by atoms with E-state index in [1.165, 1.54) is 0 Å². The zero-order valence-corrected chi connectivity index (χ0v) is 14.1. The van der Waals surface area contributed by atoms with Crippen molar-refractivity contribution in [1.82, 2.24) is 10.2 Å². The number of hydrogen-bond acceptors (Lipinski definition) is 4. The predicted molar refractivity (Wildman–Crippen MR) is 88.1 cm³/mol. The van der Waals surface area contributed by atoms with E-state index in [1.807, 2.05) is 23.1 Å². The highest BCUT2D eigenvalue weighted by molar-refractivity contribution is 5.75. The summed E-state index contributed by atoms with van der Waals surface area (Å²) in [5, 5.41) is 2.96. The fraction of sp³-hybridized carbons (Fsp3) is 0.588. The fourth-order valence-corrected chi connectivity index (χ4v) is 2.95. The SMILES string of the molecule is COCCCNC(=O)N1CCC[C@H]1c1cc(OC)ccc1OC. The number of methoxy groups -OCH3 is 3. The van der Waals surface area contributed by atoms with Crippen LogP contribution in [-0.2, 0) is 4.74 Å². The Morgan fingerprint density at radius 2 is 2.13 bits per heavy atom. The Labute approximate surface area is 137 Å². The molecule has 6 nitrogen and oxygen atoms in total. The van der Waals surface area contributed by atoms with Crippen LogP contribution in [0.15, 0.2) is 18.2 Å². The number of urea groups is 1. The number of amides is 2. The summed E-state index contributed by atoms with van der Waals surface area (Å²) in [6.45, 7) is 2.01. The number of hydrogen-bond donors (Lipinski definition) is 1. The lowest BCUT2D eigenvalue weighted by Crippen LogP contribution is -2.40. The smallest absolute Gasteiger partial charge is 0.317 e. The minimum absolute atomic E-state index is 0.0162. The summed E-state index contributed by atoms with van der Waals surface area (Å²) in [6, 6.07) is 5.70. The van der Waals surface area contributed by atoms with E-state index >= 15 is 0 Å². The number of nitrogens with one attached hydrogen (secondary N) is 1. The molecule has 0 bridgehead atoms. The van der Waals surface area contributed by atoms with Gasteiger partial charge in [-0.2, -0.15) is 0 Å². The topological polar surface area (TPSA) is 60.0 Å². The minimum Gasteiger partial charge on any atom is -0.497 e. The molecule has 0 spiro atoms. The van der Waals surface area contributed by atoms with Crippen LogP contribution in [-0.4, -0.2) is 52.0 Å². The third-order valence-corrected chi connectivity index (χ3v) is 4.11. The van der Waals surface area contributed by atoms with Gasteiger partial charge in [0, 0.05) is 32.4 Å². The number of carbonyl (C=O) groups excluding carboxylic acids is 1. The number of rotatable bonds is 7. The molecule has 0 aliphatic carbocycles. The molecule has 1 atom stereocenters. The molecule has 0 aromatic heterocycles. The van der Waals surface area contributed by atoms with Crippen LogP contribution in [0.4, 0.5) is 4.79 Å². The van der Waals surface area contributed by atoms with Gasteiger partial charge < -0.3 is 24.4 Å². The van der Waals surface area contributed by atoms with Crippen molar-refractivity contribution in [3.05, 3.63) is 23.8 Å². The van der Waals surface area contributed by atoms with Crippen molar-refractivity contribution in [2.24, 2.45) is 0 Å². The molecule has 128 valence electrons. The maximum atomic E-state index is 12.4. The van der Waals surface area contributed by atoms with Crippen LogP contribution in [0.2, 0.25) is 0 Å². The summed E-state index contributed by atoms with van der Waals surface area (Å²) in [5.41, 5.74) is 0.997. The lowest BCUT2D eigenvalue weighted by atomic mass is 10.0. The number of benzene rings is 1. The van der Waals surface area contributed by atoms with Gasteiger partial charge in [-0.1, -0.05) is 0 Å². The van der Waals surface area contributed by atoms with E-state index in [0.29, 0.717) is 13.2 Å². The molecule has 0 radical (unpaired) electrons. The van der Waals surface area contributed by atoms with Crippen molar-refractivity contribution in [2.45, 2.75) is 25.3 Å². The normalized spacial score (nSPS) is 17.2. The van der Waals surface area contributed by atoms with Crippen molar-refractivity contribution >= 4 is 6.03 Å². The largest absolute Gasteiger partial charge is 0.497 e. The molecule has 23 heavy (non-hydrogen) atoms. The lowest BCUT2D eigenvalue weighted by molar-refractivity contribution is 0.182. The predicted octanol–water partition coefficient (Wildman–Crippen LogP) is 2.59. The zero-order valence-electron chi connectivity index (χ0n) is 14.1. The monoisotopic (exact) mass is 322 g/mol. The zero-order chi connectivity index (χ0) is 16.7. The molecule has 2 rings (SSSR count). The third kappa shape index (κ3) is 4.28. The molecule has 1 N–H and O–H groups in total. The summed E-state index contributed by atoms with van der Waals surface area (Å²) in [6.07, 6.45) is 2.72. The number of ether oxygens (including phenoxy) is 3. The molecule has 0 saturated carbocycles. The molecular formula is C17H26N2O4. The van der Waals surface area contributed by atoms with E-state index < -0.39 is 0 Å². The highest BCUT2D eigenvalue weighted by atomic mass is 16.5. The second kappa shape index (κ2) is 8.62. The van der Waals surface area contributed by atoms with Gasteiger partial charge in [-0.25, -0.2) is 4.79 Å². The number of likely N-dealkylation sites (tertiary alicyclic amines) is 1. The van der Waals surface area contributed by atoms with Gasteiger partial charge >= 0.3 is 6.03 Å². The van der Waals surface area contributed by atoms with Gasteiger partial charge in [-0.3, -0.25) is 0 Å². The van der Waals surface area contributed by atoms with Gasteiger partial charge in [0.15, 0.2) is 0 Å². The van der Waals surface area contributed by atoms with Gasteiger partial charge in [0.25, 0.3) is 0 Å². The molecule has 1 fully saturated rings. The summed E-state index contributed by atoms with van der Waals surface area (Å²) in [5.74, 6) is 1.56. The molecule has 2 amide bonds. The molecular weight excluding hydrogens is 296 g/mol. The highest BCUT2D eigenvalue weighted by Gasteiger charge is 2.32. The Kier molecular flexibility index (Phi) is 6.52. The van der Waals surface area contributed by atoms with Gasteiger partial charge in [-0.15, -0.1) is 0 Å². The minimum atomic E-state index is -0.0338. The average molecular weight is 322 g/mol. The van der Waals surface area contributed by atoms with Crippen LogP contribution in [0.5, 0.6) is 11.5 Å². The van der Waals surface area contributed by atoms with Crippen LogP contribution in [0.1, 0.15) is 30.9 Å². The van der Waals surface area contributed by atoms with E-state index in [4.69, 9.17) is 14.2 Å². The second-order valence-electron chi connectivity index (χ2n) is 5.54. The van der Waals surface area contributed by atoms with Gasteiger partial charge in [0.2, 0.25) is 0 Å². The first kappa shape index (κ1) is 17.4. The Hall–Kier alpha value is -1.95. The molecule has 1 saturated heterocycles. The Bertz CT molecular complexity index is 521. The Morgan fingerprint density at radius 3 is 2.83 bits per heavy atom. The molecule has 1 aliphatic rings. The van der Waals surface area contributed by atoms with E-state index in [2.05, 4.69) is 5.32 Å². The lowest BCUT2D eigenvalue weighted by Gasteiger charge is -2.27. The van der Waals surface area contributed by atoms with E-state index in [1.54, 1.807) is 21.3 Å². The van der Waals surface area contributed by atoms with E-state index in [-0.39, 0.29) is 12.1 Å². The quantitative estimate of drug-likeness (QED) is 0.784. The van der Waals surface area contributed by atoms with Crippen molar-refractivity contribution in [3.63, 3.8) is 0 Å². The number of carbonyl (C=O) groups is 1. The van der Waals surface area contributed by atoms with Crippen molar-refractivity contribution in [3.8, 4) is 11.5 Å². The molecule has 1 aliphatic heterocycles. The van der Waals surface area contributed by atoms with Gasteiger partial charge in [-0.05, 0) is 37.5 Å². The molecule has 1 heterocycles. The maximum absolute atomic E-state index is 12.4. The van der Waals surface area contributed by atoms with Crippen LogP contribution in [0.25, 0.3) is 0 Å². The summed E-state index contributed by atoms with van der Waals surface area (Å²) in [4.78, 5) is 14.3. The molecule has 1 aromatic rings. The van der Waals surface area contributed by atoms with Crippen molar-refractivity contribution in [1.29, 1.82) is 0 Å². The molecule has 6 heteroatoms. The molecule has 0 unspecified atom stereocenters. The summed E-state index contributed by atoms with van der Waals surface area (Å²) < 4.78 is 15.8. The standard InChI is InChI=1S/C17H26N2O4/c1-21-11-5-9-18-17(20)19-10-4-6-15(19)14-12-13(22-2)7-8-16(14)23-3/h7-8,12,15H,4-6,9-11H2,1-3H3,(H,18,20)/t15-/m0/s1. The molecule has 1 aromatic carbocycles. The van der Waals surface area contributed by atoms with Crippen molar-refractivity contribution in [2.75, 3.05) is 41.0 Å². The third-order valence-electron chi connectivity index (χ3n) is 4.11. The number of nitrogens with zero attached hydrogens (tertiary/aromatic N) is 1. The van der Waals surface area contributed by atoms with Gasteiger partial charge in [0.05, 0.1) is 20.3 Å². The van der Waals surface area contributed by atoms with E-state index in [9.17, 15) is 4.79 Å². The maximum Gasteiger partial charge on any atom is 0.317 e. The summed E-state index contributed by atoms with van der Waals surface area (Å²) in [7, 11) is 4.95. The highest BCUT2D eigenvalue weighted by Crippen LogP contribution is 2.38. The first-order valence-corrected chi connectivity index (χ1v) is 7.96. The van der Waals surface area contributed by atoms with E-state index in [0.717, 1.165) is 42.9 Å². The Morgan fingerprint density at radius 1 is 1.30 bits per heavy atom. The van der Waals surface area contributed by atoms with Crippen molar-refractivity contribution < 1.29 is 19.0 Å². The van der Waals surface area contributed by atoms with Crippen LogP contribution >= 0.6 is 0 Å². The van der Waals surface area contributed by atoms with Gasteiger partial charge in [0.1, 0.15) is 11.5 Å². The first-order valence-electron chi connectivity index (χ1n) is 7.96. The summed E-state index contributed by atoms with van der Waals surface area (Å²) >= 11 is 0. The fourth-order valence-electron chi connectivity index (χ4n) is 2.95. The second-order valence-corrected chi connectivity index (χ2v) is 5.54. The first-order chi connectivity index (χ1) is 11.2. The van der Waals surface area contributed by atoms with Crippen LogP contribution < -0.4 is 14.8 Å².